The van der Waals surface area contributed by atoms with Crippen LogP contribution in [0, 0.1) is 6.92 Å². The topological polar surface area (TPSA) is 39.4 Å². The van der Waals surface area contributed by atoms with E-state index in [0.717, 1.165) is 20.3 Å². The number of thiophene rings is 1. The summed E-state index contributed by atoms with van der Waals surface area (Å²) in [6.07, 6.45) is 0. The van der Waals surface area contributed by atoms with Gasteiger partial charge in [-0.2, -0.15) is 0 Å². The summed E-state index contributed by atoms with van der Waals surface area (Å²) in [6, 6.07) is 9.07. The first-order valence-corrected chi connectivity index (χ1v) is 7.69. The van der Waals surface area contributed by atoms with Crippen molar-refractivity contribution in [3.05, 3.63) is 61.0 Å². The number of ether oxygens (including phenoxy) is 1. The van der Waals surface area contributed by atoms with Crippen LogP contribution in [0.4, 0.5) is 0 Å². The Morgan fingerprint density at radius 1 is 1.30 bits per heavy atom. The molecule has 0 fully saturated rings. The Balaban J connectivity index is 1.87. The van der Waals surface area contributed by atoms with Crippen LogP contribution in [0.5, 0.6) is 5.75 Å². The van der Waals surface area contributed by atoms with Gasteiger partial charge in [0.05, 0.1) is 0 Å². The molecule has 0 saturated heterocycles. The van der Waals surface area contributed by atoms with E-state index < -0.39 is 0 Å². The van der Waals surface area contributed by atoms with Gasteiger partial charge < -0.3 is 9.15 Å². The minimum absolute atomic E-state index is 0.339. The Morgan fingerprint density at radius 2 is 2.15 bits per heavy atom. The van der Waals surface area contributed by atoms with Crippen LogP contribution in [0.15, 0.2) is 49.4 Å². The van der Waals surface area contributed by atoms with Crippen LogP contribution < -0.4 is 10.4 Å². The number of hydrogen-bond acceptors (Lipinski definition) is 4. The van der Waals surface area contributed by atoms with Crippen LogP contribution in [0.1, 0.15) is 10.4 Å². The first-order chi connectivity index (χ1) is 9.61. The van der Waals surface area contributed by atoms with Crippen LogP contribution in [-0.2, 0) is 6.61 Å². The molecule has 0 atom stereocenters. The average molecular weight is 351 g/mol. The highest BCUT2D eigenvalue weighted by Crippen LogP contribution is 2.25. The molecule has 0 N–H and O–H groups in total. The van der Waals surface area contributed by atoms with Crippen molar-refractivity contribution in [2.75, 3.05) is 0 Å². The summed E-state index contributed by atoms with van der Waals surface area (Å²) in [5.74, 6) is 0.691. The predicted octanol–water partition coefficient (Wildman–Crippen LogP) is 4.50. The molecule has 3 rings (SSSR count). The van der Waals surface area contributed by atoms with Gasteiger partial charge in [0.25, 0.3) is 0 Å². The van der Waals surface area contributed by atoms with Gasteiger partial charge in [0.2, 0.25) is 0 Å². The quantitative estimate of drug-likeness (QED) is 0.652. The summed E-state index contributed by atoms with van der Waals surface area (Å²) >= 11 is 5.04. The van der Waals surface area contributed by atoms with E-state index in [2.05, 4.69) is 15.9 Å². The van der Waals surface area contributed by atoms with E-state index in [9.17, 15) is 4.79 Å². The zero-order valence-corrected chi connectivity index (χ0v) is 13.1. The summed E-state index contributed by atoms with van der Waals surface area (Å²) < 4.78 is 12.0. The predicted molar refractivity (Wildman–Crippen MR) is 83.6 cm³/mol. The Morgan fingerprint density at radius 3 is 2.90 bits per heavy atom. The summed E-state index contributed by atoms with van der Waals surface area (Å²) in [5.41, 5.74) is 1.12. The fraction of sp³-hybridized carbons (Fsp3) is 0.133. The largest absolute Gasteiger partial charge is 0.488 e. The Hall–Kier alpha value is -1.59. The van der Waals surface area contributed by atoms with Crippen LogP contribution >= 0.6 is 27.3 Å². The van der Waals surface area contributed by atoms with Gasteiger partial charge in [0.15, 0.2) is 0 Å². The lowest BCUT2D eigenvalue weighted by Gasteiger charge is -2.06. The SMILES string of the molecule is Cc1cc(=O)oc2cc(OCc3cc(Br)cs3)ccc12. The molecular formula is C15H11BrO3S. The average Bonchev–Trinajstić information content (AvgIpc) is 2.81. The molecule has 0 aliphatic heterocycles. The first-order valence-electron chi connectivity index (χ1n) is 6.02. The molecule has 1 aromatic carbocycles. The molecule has 5 heteroatoms. The third-order valence-electron chi connectivity index (χ3n) is 2.93. The normalized spacial score (nSPS) is 10.9. The Kier molecular flexibility index (Phi) is 3.63. The van der Waals surface area contributed by atoms with Crippen molar-refractivity contribution in [1.29, 1.82) is 0 Å². The van der Waals surface area contributed by atoms with Crippen LogP contribution in [0.25, 0.3) is 11.0 Å². The fourth-order valence-corrected chi connectivity index (χ4v) is 3.34. The van der Waals surface area contributed by atoms with Crippen molar-refractivity contribution in [1.82, 2.24) is 0 Å². The second-order valence-corrected chi connectivity index (χ2v) is 6.34. The van der Waals surface area contributed by atoms with Crippen molar-refractivity contribution < 1.29 is 9.15 Å². The van der Waals surface area contributed by atoms with Crippen molar-refractivity contribution in [2.45, 2.75) is 13.5 Å². The minimum atomic E-state index is -0.339. The zero-order chi connectivity index (χ0) is 14.1. The summed E-state index contributed by atoms with van der Waals surface area (Å²) in [7, 11) is 0. The summed E-state index contributed by atoms with van der Waals surface area (Å²) in [6.45, 7) is 2.39. The molecule has 0 unspecified atom stereocenters. The molecule has 3 aromatic rings. The van der Waals surface area contributed by atoms with Crippen LogP contribution in [0.3, 0.4) is 0 Å². The molecule has 0 saturated carbocycles. The van der Waals surface area contributed by atoms with E-state index in [1.54, 1.807) is 17.4 Å². The molecule has 2 aromatic heterocycles. The molecule has 0 bridgehead atoms. The van der Waals surface area contributed by atoms with Gasteiger partial charge in [0, 0.05) is 32.2 Å². The van der Waals surface area contributed by atoms with E-state index in [0.29, 0.717) is 17.9 Å². The van der Waals surface area contributed by atoms with Crippen molar-refractivity contribution >= 4 is 38.2 Å². The number of halogens is 1. The van der Waals surface area contributed by atoms with E-state index in [1.807, 2.05) is 30.5 Å². The second-order valence-electron chi connectivity index (χ2n) is 4.43. The van der Waals surface area contributed by atoms with Crippen LogP contribution in [0.2, 0.25) is 0 Å². The summed E-state index contributed by atoms with van der Waals surface area (Å²) in [5, 5.41) is 2.94. The van der Waals surface area contributed by atoms with E-state index in [1.165, 1.54) is 6.07 Å². The van der Waals surface area contributed by atoms with Gasteiger partial charge in [-0.15, -0.1) is 11.3 Å². The van der Waals surface area contributed by atoms with Crippen molar-refractivity contribution in [2.24, 2.45) is 0 Å². The molecule has 0 aliphatic rings. The van der Waals surface area contributed by atoms with Gasteiger partial charge in [-0.3, -0.25) is 0 Å². The van der Waals surface area contributed by atoms with E-state index in [-0.39, 0.29) is 5.63 Å². The maximum absolute atomic E-state index is 11.4. The van der Waals surface area contributed by atoms with Gasteiger partial charge in [-0.25, -0.2) is 4.79 Å². The standard InChI is InChI=1S/C15H11BrO3S/c1-9-4-15(17)19-14-6-11(2-3-13(9)14)18-7-12-5-10(16)8-20-12/h2-6,8H,7H2,1H3. The number of fused-ring (bicyclic) bond motifs is 1. The Labute approximate surface area is 127 Å². The smallest absolute Gasteiger partial charge is 0.336 e. The molecule has 0 radical (unpaired) electrons. The second kappa shape index (κ2) is 5.42. The van der Waals surface area contributed by atoms with Crippen molar-refractivity contribution in [3.8, 4) is 5.75 Å². The molecule has 2 heterocycles. The maximum atomic E-state index is 11.4. The lowest BCUT2D eigenvalue weighted by atomic mass is 10.1. The molecule has 0 spiro atoms. The highest BCUT2D eigenvalue weighted by Gasteiger charge is 2.05. The van der Waals surface area contributed by atoms with Crippen LogP contribution in [-0.4, -0.2) is 0 Å². The van der Waals surface area contributed by atoms with E-state index >= 15 is 0 Å². The third kappa shape index (κ3) is 2.78. The highest BCUT2D eigenvalue weighted by atomic mass is 79.9. The first kappa shape index (κ1) is 13.4. The van der Waals surface area contributed by atoms with Crippen molar-refractivity contribution in [3.63, 3.8) is 0 Å². The third-order valence-corrected chi connectivity index (χ3v) is 4.60. The lowest BCUT2D eigenvalue weighted by Crippen LogP contribution is -1.98. The van der Waals surface area contributed by atoms with Gasteiger partial charge in [0.1, 0.15) is 17.9 Å². The molecule has 20 heavy (non-hydrogen) atoms. The number of benzene rings is 1. The summed E-state index contributed by atoms with van der Waals surface area (Å²) in [4.78, 5) is 12.5. The van der Waals surface area contributed by atoms with Gasteiger partial charge in [-0.1, -0.05) is 0 Å². The number of aryl methyl sites for hydroxylation is 1. The van der Waals surface area contributed by atoms with Gasteiger partial charge >= 0.3 is 5.63 Å². The Bertz CT molecular complexity index is 819. The molecular weight excluding hydrogens is 340 g/mol. The number of hydrogen-bond donors (Lipinski definition) is 0. The molecule has 3 nitrogen and oxygen atoms in total. The maximum Gasteiger partial charge on any atom is 0.336 e. The van der Waals surface area contributed by atoms with E-state index in [4.69, 9.17) is 9.15 Å². The molecule has 0 amide bonds. The number of rotatable bonds is 3. The zero-order valence-electron chi connectivity index (χ0n) is 10.7. The minimum Gasteiger partial charge on any atom is -0.488 e. The fourth-order valence-electron chi connectivity index (χ4n) is 1.98. The molecule has 102 valence electrons. The lowest BCUT2D eigenvalue weighted by molar-refractivity contribution is 0.309. The van der Waals surface area contributed by atoms with Gasteiger partial charge in [-0.05, 0) is 46.6 Å². The molecule has 0 aliphatic carbocycles. The highest BCUT2D eigenvalue weighted by molar-refractivity contribution is 9.10. The monoisotopic (exact) mass is 350 g/mol.